The van der Waals surface area contributed by atoms with Gasteiger partial charge >= 0.3 is 0 Å². The lowest BCUT2D eigenvalue weighted by Crippen LogP contribution is -2.30. The van der Waals surface area contributed by atoms with Gasteiger partial charge in [0.05, 0.1) is 6.21 Å². The van der Waals surface area contributed by atoms with E-state index in [1.165, 1.54) is 6.21 Å². The number of carbonyl (C=O) groups excluding carboxylic acids is 1. The maximum atomic E-state index is 11.3. The summed E-state index contributed by atoms with van der Waals surface area (Å²) >= 11 is 5.92. The third-order valence-electron chi connectivity index (χ3n) is 2.07. The summed E-state index contributed by atoms with van der Waals surface area (Å²) in [7, 11) is 0. The van der Waals surface area contributed by atoms with Gasteiger partial charge in [0.15, 0.2) is 6.61 Å². The lowest BCUT2D eigenvalue weighted by atomic mass is 10.2. The average molecular weight is 269 g/mol. The van der Waals surface area contributed by atoms with Crippen molar-refractivity contribution in [1.82, 2.24) is 5.32 Å². The maximum absolute atomic E-state index is 11.3. The average Bonchev–Trinajstić information content (AvgIpc) is 2.34. The molecular weight excluding hydrogens is 252 g/mol. The van der Waals surface area contributed by atoms with Crippen molar-refractivity contribution in [2.75, 3.05) is 13.2 Å². The van der Waals surface area contributed by atoms with Crippen LogP contribution in [0.15, 0.2) is 29.4 Å². The third-order valence-corrected chi connectivity index (χ3v) is 2.42. The Kier molecular flexibility index (Phi) is 6.22. The van der Waals surface area contributed by atoms with Gasteiger partial charge in [0.2, 0.25) is 0 Å². The normalized spacial score (nSPS) is 10.9. The Labute approximate surface area is 112 Å². The van der Waals surface area contributed by atoms with Crippen LogP contribution in [0.5, 0.6) is 0 Å². The molecule has 0 radical (unpaired) electrons. The zero-order valence-corrected chi connectivity index (χ0v) is 11.3. The molecule has 0 aromatic heterocycles. The first-order valence-electron chi connectivity index (χ1n) is 5.76. The molecule has 0 saturated heterocycles. The van der Waals surface area contributed by atoms with Crippen molar-refractivity contribution in [2.45, 2.75) is 13.8 Å². The van der Waals surface area contributed by atoms with Crippen LogP contribution in [0.4, 0.5) is 0 Å². The van der Waals surface area contributed by atoms with Crippen LogP contribution >= 0.6 is 11.6 Å². The van der Waals surface area contributed by atoms with E-state index in [1.807, 2.05) is 32.0 Å². The minimum Gasteiger partial charge on any atom is -0.386 e. The van der Waals surface area contributed by atoms with E-state index in [0.29, 0.717) is 17.5 Å². The Morgan fingerprint density at radius 1 is 1.50 bits per heavy atom. The molecule has 0 heterocycles. The molecule has 1 N–H and O–H groups in total. The summed E-state index contributed by atoms with van der Waals surface area (Å²) in [5.41, 5.74) is 0.752. The summed E-state index contributed by atoms with van der Waals surface area (Å²) < 4.78 is 0. The molecule has 1 rings (SSSR count). The summed E-state index contributed by atoms with van der Waals surface area (Å²) in [4.78, 5) is 16.2. The molecule has 4 nitrogen and oxygen atoms in total. The highest BCUT2D eigenvalue weighted by atomic mass is 35.5. The third kappa shape index (κ3) is 5.68. The van der Waals surface area contributed by atoms with Crippen LogP contribution in [0.1, 0.15) is 19.4 Å². The predicted octanol–water partition coefficient (Wildman–Crippen LogP) is 2.46. The van der Waals surface area contributed by atoms with Gasteiger partial charge in [-0.25, -0.2) is 0 Å². The molecule has 1 aromatic carbocycles. The van der Waals surface area contributed by atoms with E-state index in [2.05, 4.69) is 10.5 Å². The number of amides is 1. The van der Waals surface area contributed by atoms with E-state index >= 15 is 0 Å². The number of nitrogens with one attached hydrogen (secondary N) is 1. The SMILES string of the molecule is CC(C)CNC(=O)CON=Cc1ccccc1Cl. The second-order valence-corrected chi connectivity index (χ2v) is 4.63. The second kappa shape index (κ2) is 7.71. The monoisotopic (exact) mass is 268 g/mol. The maximum Gasteiger partial charge on any atom is 0.260 e. The number of halogens is 1. The van der Waals surface area contributed by atoms with E-state index in [-0.39, 0.29) is 12.5 Å². The van der Waals surface area contributed by atoms with Crippen molar-refractivity contribution < 1.29 is 9.63 Å². The van der Waals surface area contributed by atoms with Crippen molar-refractivity contribution in [3.63, 3.8) is 0 Å². The summed E-state index contributed by atoms with van der Waals surface area (Å²) in [6.45, 7) is 4.59. The highest BCUT2D eigenvalue weighted by Gasteiger charge is 2.01. The van der Waals surface area contributed by atoms with Gasteiger partial charge < -0.3 is 10.2 Å². The standard InChI is InChI=1S/C13H17ClN2O2/c1-10(2)7-15-13(17)9-18-16-8-11-5-3-4-6-12(11)14/h3-6,8,10H,7,9H2,1-2H3,(H,15,17). The van der Waals surface area contributed by atoms with Crippen LogP contribution in [0, 0.1) is 5.92 Å². The number of rotatable bonds is 6. The van der Waals surface area contributed by atoms with Gasteiger partial charge in [-0.1, -0.05) is 48.8 Å². The van der Waals surface area contributed by atoms with Gasteiger partial charge in [0.1, 0.15) is 0 Å². The van der Waals surface area contributed by atoms with Gasteiger partial charge in [-0.3, -0.25) is 4.79 Å². The van der Waals surface area contributed by atoms with E-state index in [0.717, 1.165) is 5.56 Å². The molecule has 0 aliphatic rings. The lowest BCUT2D eigenvalue weighted by Gasteiger charge is -2.06. The first-order chi connectivity index (χ1) is 8.59. The van der Waals surface area contributed by atoms with Gasteiger partial charge in [-0.05, 0) is 12.0 Å². The van der Waals surface area contributed by atoms with Crippen LogP contribution in [-0.4, -0.2) is 25.3 Å². The fourth-order valence-corrected chi connectivity index (χ4v) is 1.32. The molecule has 0 unspecified atom stereocenters. The lowest BCUT2D eigenvalue weighted by molar-refractivity contribution is -0.125. The minimum atomic E-state index is -0.181. The molecule has 0 fully saturated rings. The van der Waals surface area contributed by atoms with E-state index < -0.39 is 0 Å². The molecule has 0 aliphatic carbocycles. The molecule has 0 atom stereocenters. The Bertz CT molecular complexity index is 419. The molecule has 0 bridgehead atoms. The summed E-state index contributed by atoms with van der Waals surface area (Å²) in [6, 6.07) is 7.26. The van der Waals surface area contributed by atoms with Crippen LogP contribution in [0.2, 0.25) is 5.02 Å². The van der Waals surface area contributed by atoms with Crippen molar-refractivity contribution >= 4 is 23.7 Å². The summed E-state index contributed by atoms with van der Waals surface area (Å²) in [5, 5.41) is 7.02. The van der Waals surface area contributed by atoms with Crippen molar-refractivity contribution in [3.8, 4) is 0 Å². The number of nitrogens with zero attached hydrogens (tertiary/aromatic N) is 1. The van der Waals surface area contributed by atoms with Crippen molar-refractivity contribution in [1.29, 1.82) is 0 Å². The zero-order chi connectivity index (χ0) is 13.4. The first kappa shape index (κ1) is 14.5. The number of benzene rings is 1. The summed E-state index contributed by atoms with van der Waals surface area (Å²) in [6.07, 6.45) is 1.48. The Balaban J connectivity index is 2.29. The van der Waals surface area contributed by atoms with Crippen molar-refractivity contribution in [2.24, 2.45) is 11.1 Å². The molecule has 0 saturated carbocycles. The predicted molar refractivity (Wildman–Crippen MR) is 72.8 cm³/mol. The number of hydrogen-bond acceptors (Lipinski definition) is 3. The van der Waals surface area contributed by atoms with Crippen LogP contribution in [0.25, 0.3) is 0 Å². The fourth-order valence-electron chi connectivity index (χ4n) is 1.14. The molecule has 0 aliphatic heterocycles. The van der Waals surface area contributed by atoms with Gasteiger partial charge in [0, 0.05) is 17.1 Å². The molecule has 1 amide bonds. The number of hydrogen-bond donors (Lipinski definition) is 1. The first-order valence-corrected chi connectivity index (χ1v) is 6.14. The minimum absolute atomic E-state index is 0.0896. The Morgan fingerprint density at radius 2 is 2.22 bits per heavy atom. The van der Waals surface area contributed by atoms with Crippen LogP contribution in [-0.2, 0) is 9.63 Å². The quantitative estimate of drug-likeness (QED) is 0.636. The number of carbonyl (C=O) groups is 1. The van der Waals surface area contributed by atoms with Crippen LogP contribution < -0.4 is 5.32 Å². The molecule has 18 heavy (non-hydrogen) atoms. The van der Waals surface area contributed by atoms with Gasteiger partial charge in [0.25, 0.3) is 5.91 Å². The molecular formula is C13H17ClN2O2. The van der Waals surface area contributed by atoms with E-state index in [9.17, 15) is 4.79 Å². The Hall–Kier alpha value is -1.55. The van der Waals surface area contributed by atoms with Gasteiger partial charge in [-0.15, -0.1) is 0 Å². The van der Waals surface area contributed by atoms with Crippen LogP contribution in [0.3, 0.4) is 0 Å². The molecule has 0 spiro atoms. The smallest absolute Gasteiger partial charge is 0.260 e. The largest absolute Gasteiger partial charge is 0.386 e. The topological polar surface area (TPSA) is 50.7 Å². The zero-order valence-electron chi connectivity index (χ0n) is 10.5. The molecule has 5 heteroatoms. The van der Waals surface area contributed by atoms with Crippen molar-refractivity contribution in [3.05, 3.63) is 34.9 Å². The van der Waals surface area contributed by atoms with Gasteiger partial charge in [-0.2, -0.15) is 0 Å². The molecule has 1 aromatic rings. The van der Waals surface area contributed by atoms with E-state index in [4.69, 9.17) is 16.4 Å². The van der Waals surface area contributed by atoms with E-state index in [1.54, 1.807) is 6.07 Å². The Morgan fingerprint density at radius 3 is 2.89 bits per heavy atom. The number of oxime groups is 1. The highest BCUT2D eigenvalue weighted by Crippen LogP contribution is 2.12. The highest BCUT2D eigenvalue weighted by molar-refractivity contribution is 6.33. The second-order valence-electron chi connectivity index (χ2n) is 4.23. The summed E-state index contributed by atoms with van der Waals surface area (Å²) in [5.74, 6) is 0.237. The molecule has 98 valence electrons. The fraction of sp³-hybridized carbons (Fsp3) is 0.385.